The van der Waals surface area contributed by atoms with Gasteiger partial charge in [-0.05, 0) is 65.8 Å². The second-order valence-electron chi connectivity index (χ2n) is 5.81. The van der Waals surface area contributed by atoms with Gasteiger partial charge in [0.25, 0.3) is 5.69 Å². The maximum absolute atomic E-state index is 10.9. The van der Waals surface area contributed by atoms with Gasteiger partial charge in [-0.2, -0.15) is 0 Å². The molecule has 1 saturated heterocycles. The zero-order chi connectivity index (χ0) is 14.7. The van der Waals surface area contributed by atoms with Gasteiger partial charge >= 0.3 is 0 Å². The second-order valence-corrected chi connectivity index (χ2v) is 6.98. The highest BCUT2D eigenvalue weighted by Crippen LogP contribution is 2.30. The standard InChI is InChI=1S/C15H21IN2O2/c1-11(2)12-4-3-8-17(9-7-12)13-5-6-15(18(19)20)14(16)10-13/h5-6,10-12H,3-4,7-9H2,1-2H3. The van der Waals surface area contributed by atoms with Crippen molar-refractivity contribution < 1.29 is 4.92 Å². The first-order valence-corrected chi connectivity index (χ1v) is 8.26. The van der Waals surface area contributed by atoms with E-state index in [0.29, 0.717) is 0 Å². The summed E-state index contributed by atoms with van der Waals surface area (Å²) in [4.78, 5) is 12.9. The smallest absolute Gasteiger partial charge is 0.282 e. The van der Waals surface area contributed by atoms with E-state index >= 15 is 0 Å². The van der Waals surface area contributed by atoms with Crippen LogP contribution in [0, 0.1) is 25.5 Å². The van der Waals surface area contributed by atoms with E-state index in [1.165, 1.54) is 19.3 Å². The number of anilines is 1. The minimum atomic E-state index is -0.317. The van der Waals surface area contributed by atoms with Gasteiger partial charge < -0.3 is 4.90 Å². The number of halogens is 1. The highest BCUT2D eigenvalue weighted by atomic mass is 127. The van der Waals surface area contributed by atoms with Gasteiger partial charge in [-0.25, -0.2) is 0 Å². The van der Waals surface area contributed by atoms with Gasteiger partial charge in [-0.15, -0.1) is 0 Å². The summed E-state index contributed by atoms with van der Waals surface area (Å²) in [5.74, 6) is 1.55. The Balaban J connectivity index is 2.12. The molecular weight excluding hydrogens is 367 g/mol. The van der Waals surface area contributed by atoms with E-state index in [1.807, 2.05) is 12.1 Å². The topological polar surface area (TPSA) is 46.4 Å². The second kappa shape index (κ2) is 6.74. The van der Waals surface area contributed by atoms with E-state index in [2.05, 4.69) is 41.3 Å². The lowest BCUT2D eigenvalue weighted by Gasteiger charge is -2.23. The van der Waals surface area contributed by atoms with Crippen LogP contribution in [0.15, 0.2) is 18.2 Å². The molecule has 5 heteroatoms. The van der Waals surface area contributed by atoms with E-state index in [9.17, 15) is 10.1 Å². The number of nitrogens with zero attached hydrogens (tertiary/aromatic N) is 2. The molecule has 0 aliphatic carbocycles. The Morgan fingerprint density at radius 1 is 1.35 bits per heavy atom. The van der Waals surface area contributed by atoms with E-state index < -0.39 is 0 Å². The van der Waals surface area contributed by atoms with E-state index in [-0.39, 0.29) is 10.6 Å². The van der Waals surface area contributed by atoms with Crippen LogP contribution in [0.25, 0.3) is 0 Å². The minimum absolute atomic E-state index is 0.198. The average molecular weight is 388 g/mol. The number of hydrogen-bond acceptors (Lipinski definition) is 3. The van der Waals surface area contributed by atoms with Crippen LogP contribution in [0.1, 0.15) is 33.1 Å². The van der Waals surface area contributed by atoms with E-state index in [4.69, 9.17) is 0 Å². The summed E-state index contributed by atoms with van der Waals surface area (Å²) in [6.07, 6.45) is 3.71. The Kier molecular flexibility index (Phi) is 5.23. The lowest BCUT2D eigenvalue weighted by atomic mass is 9.89. The molecule has 1 heterocycles. The van der Waals surface area contributed by atoms with Crippen LogP contribution in [0.2, 0.25) is 0 Å². The first-order valence-electron chi connectivity index (χ1n) is 7.18. The molecule has 20 heavy (non-hydrogen) atoms. The lowest BCUT2D eigenvalue weighted by Crippen LogP contribution is -2.24. The average Bonchev–Trinajstić information content (AvgIpc) is 2.63. The van der Waals surface area contributed by atoms with E-state index in [1.54, 1.807) is 6.07 Å². The summed E-state index contributed by atoms with van der Waals surface area (Å²) >= 11 is 2.05. The third-order valence-electron chi connectivity index (χ3n) is 4.21. The molecule has 0 N–H and O–H groups in total. The molecular formula is C15H21IN2O2. The Labute approximate surface area is 133 Å². The van der Waals surface area contributed by atoms with Crippen molar-refractivity contribution in [1.29, 1.82) is 0 Å². The first kappa shape index (κ1) is 15.5. The first-order chi connectivity index (χ1) is 9.49. The maximum Gasteiger partial charge on any atom is 0.282 e. The Morgan fingerprint density at radius 3 is 2.70 bits per heavy atom. The monoisotopic (exact) mass is 388 g/mol. The van der Waals surface area contributed by atoms with Crippen molar-refractivity contribution >= 4 is 34.0 Å². The van der Waals surface area contributed by atoms with Crippen LogP contribution in [0.3, 0.4) is 0 Å². The SMILES string of the molecule is CC(C)C1CCCN(c2ccc([N+](=O)[O-])c(I)c2)CC1. The normalized spacial score (nSPS) is 20.0. The van der Waals surface area contributed by atoms with Gasteiger partial charge in [-0.3, -0.25) is 10.1 Å². The molecule has 1 unspecified atom stereocenters. The lowest BCUT2D eigenvalue weighted by molar-refractivity contribution is -0.385. The van der Waals surface area contributed by atoms with Crippen molar-refractivity contribution in [3.63, 3.8) is 0 Å². The molecule has 0 bridgehead atoms. The molecule has 0 radical (unpaired) electrons. The van der Waals surface area contributed by atoms with Gasteiger partial charge in [0, 0.05) is 24.8 Å². The summed E-state index contributed by atoms with van der Waals surface area (Å²) in [5, 5.41) is 10.9. The van der Waals surface area contributed by atoms with E-state index in [0.717, 1.165) is 34.2 Å². The Bertz CT molecular complexity index is 491. The minimum Gasteiger partial charge on any atom is -0.371 e. The molecule has 1 aromatic carbocycles. The van der Waals surface area contributed by atoms with Crippen LogP contribution in [0.4, 0.5) is 11.4 Å². The molecule has 2 rings (SSSR count). The summed E-state index contributed by atoms with van der Waals surface area (Å²) in [6, 6.07) is 5.45. The van der Waals surface area contributed by atoms with Gasteiger partial charge in [0.15, 0.2) is 0 Å². The number of nitro groups is 1. The molecule has 110 valence electrons. The molecule has 4 nitrogen and oxygen atoms in total. The van der Waals surface area contributed by atoms with Crippen LogP contribution in [-0.4, -0.2) is 18.0 Å². The molecule has 1 atom stereocenters. The number of nitro benzene ring substituents is 1. The van der Waals surface area contributed by atoms with Crippen molar-refractivity contribution in [3.05, 3.63) is 31.9 Å². The van der Waals surface area contributed by atoms with Crippen LogP contribution in [-0.2, 0) is 0 Å². The fourth-order valence-electron chi connectivity index (χ4n) is 2.89. The largest absolute Gasteiger partial charge is 0.371 e. The van der Waals surface area contributed by atoms with Crippen molar-refractivity contribution in [2.75, 3.05) is 18.0 Å². The zero-order valence-corrected chi connectivity index (χ0v) is 14.2. The Hall–Kier alpha value is -0.850. The zero-order valence-electron chi connectivity index (χ0n) is 12.0. The number of benzene rings is 1. The summed E-state index contributed by atoms with van der Waals surface area (Å²) in [5.41, 5.74) is 1.31. The molecule has 1 fully saturated rings. The molecule has 0 aromatic heterocycles. The fourth-order valence-corrected chi connectivity index (χ4v) is 3.58. The quantitative estimate of drug-likeness (QED) is 0.436. The number of rotatable bonds is 3. The molecule has 0 amide bonds. The number of hydrogen-bond donors (Lipinski definition) is 0. The fraction of sp³-hybridized carbons (Fsp3) is 0.600. The third kappa shape index (κ3) is 3.62. The summed E-state index contributed by atoms with van der Waals surface area (Å²) in [7, 11) is 0. The maximum atomic E-state index is 10.9. The van der Waals surface area contributed by atoms with Crippen molar-refractivity contribution in [2.24, 2.45) is 11.8 Å². The van der Waals surface area contributed by atoms with Crippen molar-refractivity contribution in [2.45, 2.75) is 33.1 Å². The summed E-state index contributed by atoms with van der Waals surface area (Å²) < 4.78 is 0.717. The van der Waals surface area contributed by atoms with Crippen LogP contribution < -0.4 is 4.90 Å². The highest BCUT2D eigenvalue weighted by molar-refractivity contribution is 14.1. The predicted molar refractivity (Wildman–Crippen MR) is 90.2 cm³/mol. The molecule has 0 saturated carbocycles. The van der Waals surface area contributed by atoms with Crippen LogP contribution in [0.5, 0.6) is 0 Å². The molecule has 1 aromatic rings. The highest BCUT2D eigenvalue weighted by Gasteiger charge is 2.21. The third-order valence-corrected chi connectivity index (χ3v) is 5.07. The van der Waals surface area contributed by atoms with Crippen LogP contribution >= 0.6 is 22.6 Å². The van der Waals surface area contributed by atoms with Crippen molar-refractivity contribution in [3.8, 4) is 0 Å². The molecule has 1 aliphatic rings. The van der Waals surface area contributed by atoms with Gasteiger partial charge in [0.1, 0.15) is 0 Å². The summed E-state index contributed by atoms with van der Waals surface area (Å²) in [6.45, 7) is 6.71. The van der Waals surface area contributed by atoms with Gasteiger partial charge in [0.05, 0.1) is 8.49 Å². The Morgan fingerprint density at radius 2 is 2.10 bits per heavy atom. The van der Waals surface area contributed by atoms with Crippen molar-refractivity contribution in [1.82, 2.24) is 0 Å². The predicted octanol–water partition coefficient (Wildman–Crippen LogP) is 4.46. The molecule has 1 aliphatic heterocycles. The van der Waals surface area contributed by atoms with Gasteiger partial charge in [0.2, 0.25) is 0 Å². The van der Waals surface area contributed by atoms with Gasteiger partial charge in [-0.1, -0.05) is 13.8 Å². The molecule has 0 spiro atoms.